The van der Waals surface area contributed by atoms with Crippen LogP contribution in [0.5, 0.6) is 11.5 Å². The van der Waals surface area contributed by atoms with Crippen molar-refractivity contribution < 1.29 is 9.47 Å². The summed E-state index contributed by atoms with van der Waals surface area (Å²) in [6.07, 6.45) is 0. The zero-order valence-corrected chi connectivity index (χ0v) is 13.9. The third-order valence-corrected chi connectivity index (χ3v) is 4.92. The Balaban J connectivity index is 2.02. The predicted octanol–water partition coefficient (Wildman–Crippen LogP) is 3.93. The number of ether oxygens (including phenoxy) is 2. The number of hydrogen-bond acceptors (Lipinski definition) is 4. The Morgan fingerprint density at radius 1 is 0.667 bits per heavy atom. The van der Waals surface area contributed by atoms with E-state index < -0.39 is 8.40 Å². The first kappa shape index (κ1) is 15.2. The molecule has 5 heteroatoms. The summed E-state index contributed by atoms with van der Waals surface area (Å²) in [7, 11) is 1.52. The van der Waals surface area contributed by atoms with E-state index in [-0.39, 0.29) is 0 Å². The van der Waals surface area contributed by atoms with Gasteiger partial charge in [0.1, 0.15) is 11.5 Å². The molecule has 2 N–H and O–H groups in total. The molecule has 4 nitrogen and oxygen atoms in total. The van der Waals surface area contributed by atoms with Gasteiger partial charge in [0.25, 0.3) is 8.40 Å². The van der Waals surface area contributed by atoms with Crippen LogP contribution < -0.4 is 19.4 Å². The summed E-state index contributed by atoms with van der Waals surface area (Å²) in [5.41, 5.74) is 2.18. The maximum atomic E-state index is 5.17. The highest BCUT2D eigenvalue weighted by atomic mass is 28.3. The molecule has 0 radical (unpaired) electrons. The van der Waals surface area contributed by atoms with Gasteiger partial charge in [-0.25, -0.2) is 0 Å². The fraction of sp³-hybridized carbons (Fsp3) is 0.250. The quantitative estimate of drug-likeness (QED) is 0.793. The lowest BCUT2D eigenvalue weighted by Gasteiger charge is -2.27. The van der Waals surface area contributed by atoms with E-state index in [4.69, 9.17) is 9.47 Å². The molecule has 0 aliphatic heterocycles. The van der Waals surface area contributed by atoms with Crippen LogP contribution in [0.15, 0.2) is 48.5 Å². The monoisotopic (exact) mass is 302 g/mol. The Morgan fingerprint density at radius 3 is 1.29 bits per heavy atom. The van der Waals surface area contributed by atoms with E-state index in [0.29, 0.717) is 0 Å². The topological polar surface area (TPSA) is 42.5 Å². The van der Waals surface area contributed by atoms with E-state index in [1.807, 2.05) is 48.5 Å². The molecular weight excluding hydrogens is 280 g/mol. The largest absolute Gasteiger partial charge is 0.497 e. The van der Waals surface area contributed by atoms with Crippen LogP contribution in [0.3, 0.4) is 0 Å². The standard InChI is InChI=1S/C16H22N2O2Si/c1-19-15-9-5-13(6-10-15)17-21(3,4)18-14-7-11-16(20-2)12-8-14/h5-12,17-18H,1-4H3. The second kappa shape index (κ2) is 6.54. The third kappa shape index (κ3) is 4.42. The average Bonchev–Trinajstić information content (AvgIpc) is 2.48. The number of nitrogens with one attached hydrogen (secondary N) is 2. The van der Waals surface area contributed by atoms with Gasteiger partial charge in [-0.1, -0.05) is 0 Å². The van der Waals surface area contributed by atoms with Crippen molar-refractivity contribution in [2.45, 2.75) is 13.1 Å². The first-order valence-corrected chi connectivity index (χ1v) is 9.87. The van der Waals surface area contributed by atoms with Crippen molar-refractivity contribution in [1.82, 2.24) is 0 Å². The highest BCUT2D eigenvalue weighted by Crippen LogP contribution is 2.20. The van der Waals surface area contributed by atoms with Gasteiger partial charge in [-0.2, -0.15) is 0 Å². The number of benzene rings is 2. The summed E-state index contributed by atoms with van der Waals surface area (Å²) in [6.45, 7) is 4.45. The Hall–Kier alpha value is -2.14. The minimum Gasteiger partial charge on any atom is -0.497 e. The van der Waals surface area contributed by atoms with E-state index >= 15 is 0 Å². The van der Waals surface area contributed by atoms with Crippen molar-refractivity contribution in [1.29, 1.82) is 0 Å². The molecular formula is C16H22N2O2Si. The van der Waals surface area contributed by atoms with Gasteiger partial charge < -0.3 is 19.4 Å². The fourth-order valence-corrected chi connectivity index (χ4v) is 3.94. The van der Waals surface area contributed by atoms with Gasteiger partial charge in [-0.05, 0) is 61.6 Å². The van der Waals surface area contributed by atoms with E-state index in [1.165, 1.54) is 0 Å². The van der Waals surface area contributed by atoms with Crippen molar-refractivity contribution in [3.8, 4) is 11.5 Å². The maximum Gasteiger partial charge on any atom is 0.252 e. The Labute approximate surface area is 127 Å². The van der Waals surface area contributed by atoms with Crippen LogP contribution in [-0.2, 0) is 0 Å². The summed E-state index contributed by atoms with van der Waals surface area (Å²) in [5, 5.41) is 0. The van der Waals surface area contributed by atoms with Gasteiger partial charge >= 0.3 is 0 Å². The highest BCUT2D eigenvalue weighted by molar-refractivity contribution is 6.83. The summed E-state index contributed by atoms with van der Waals surface area (Å²) in [4.78, 5) is 7.18. The molecule has 0 saturated carbocycles. The van der Waals surface area contributed by atoms with Crippen LogP contribution >= 0.6 is 0 Å². The number of methoxy groups -OCH3 is 2. The highest BCUT2D eigenvalue weighted by Gasteiger charge is 2.21. The van der Waals surface area contributed by atoms with Crippen LogP contribution in [0.1, 0.15) is 0 Å². The van der Waals surface area contributed by atoms with Gasteiger partial charge in [-0.3, -0.25) is 0 Å². The number of rotatable bonds is 6. The molecule has 2 aromatic rings. The van der Waals surface area contributed by atoms with Crippen molar-refractivity contribution in [3.05, 3.63) is 48.5 Å². The molecule has 0 saturated heterocycles. The molecule has 0 aliphatic carbocycles. The molecule has 0 atom stereocenters. The lowest BCUT2D eigenvalue weighted by Crippen LogP contribution is -2.45. The maximum absolute atomic E-state index is 5.17. The van der Waals surface area contributed by atoms with Crippen LogP contribution in [0.25, 0.3) is 0 Å². The van der Waals surface area contributed by atoms with Gasteiger partial charge in [0, 0.05) is 11.4 Å². The SMILES string of the molecule is COc1ccc(N[Si](C)(C)Nc2ccc(OC)cc2)cc1. The van der Waals surface area contributed by atoms with Crippen molar-refractivity contribution in [3.63, 3.8) is 0 Å². The van der Waals surface area contributed by atoms with Crippen LogP contribution in [0.2, 0.25) is 13.1 Å². The van der Waals surface area contributed by atoms with Crippen molar-refractivity contribution in [2.75, 3.05) is 24.2 Å². The lowest BCUT2D eigenvalue weighted by atomic mass is 10.3. The molecule has 2 rings (SSSR count). The first-order chi connectivity index (χ1) is 10.0. The van der Waals surface area contributed by atoms with Gasteiger partial charge in [-0.15, -0.1) is 0 Å². The minimum atomic E-state index is -1.82. The van der Waals surface area contributed by atoms with Gasteiger partial charge in [0.15, 0.2) is 0 Å². The summed E-state index contributed by atoms with van der Waals surface area (Å²) < 4.78 is 10.3. The van der Waals surface area contributed by atoms with E-state index in [9.17, 15) is 0 Å². The zero-order valence-electron chi connectivity index (χ0n) is 12.9. The molecule has 0 aliphatic rings. The molecule has 2 aromatic carbocycles. The zero-order chi connectivity index (χ0) is 15.3. The summed E-state index contributed by atoms with van der Waals surface area (Å²) in [5.74, 6) is 1.73. The average molecular weight is 302 g/mol. The van der Waals surface area contributed by atoms with Gasteiger partial charge in [0.05, 0.1) is 14.2 Å². The number of hydrogen-bond donors (Lipinski definition) is 2. The summed E-state index contributed by atoms with van der Waals surface area (Å²) in [6, 6.07) is 16.0. The second-order valence-electron chi connectivity index (χ2n) is 5.33. The Kier molecular flexibility index (Phi) is 4.75. The second-order valence-corrected chi connectivity index (χ2v) is 9.08. The minimum absolute atomic E-state index is 0.864. The number of anilines is 2. The molecule has 0 bridgehead atoms. The first-order valence-electron chi connectivity index (χ1n) is 6.87. The molecule has 0 spiro atoms. The Morgan fingerprint density at radius 2 is 1.00 bits per heavy atom. The normalized spacial score (nSPS) is 10.9. The van der Waals surface area contributed by atoms with E-state index in [0.717, 1.165) is 22.9 Å². The Bertz CT molecular complexity index is 516. The molecule has 0 fully saturated rings. The lowest BCUT2D eigenvalue weighted by molar-refractivity contribution is 0.415. The fourth-order valence-electron chi connectivity index (χ4n) is 2.10. The molecule has 0 heterocycles. The van der Waals surface area contributed by atoms with Crippen LogP contribution in [-0.4, -0.2) is 22.6 Å². The molecule has 21 heavy (non-hydrogen) atoms. The van der Waals surface area contributed by atoms with Crippen molar-refractivity contribution in [2.24, 2.45) is 0 Å². The summed E-state index contributed by atoms with van der Waals surface area (Å²) >= 11 is 0. The smallest absolute Gasteiger partial charge is 0.252 e. The van der Waals surface area contributed by atoms with E-state index in [2.05, 4.69) is 23.1 Å². The van der Waals surface area contributed by atoms with Crippen molar-refractivity contribution >= 4 is 19.8 Å². The van der Waals surface area contributed by atoms with Crippen LogP contribution in [0.4, 0.5) is 11.4 Å². The van der Waals surface area contributed by atoms with Crippen LogP contribution in [0, 0.1) is 0 Å². The third-order valence-electron chi connectivity index (χ3n) is 3.09. The van der Waals surface area contributed by atoms with E-state index in [1.54, 1.807) is 14.2 Å². The van der Waals surface area contributed by atoms with Gasteiger partial charge in [0.2, 0.25) is 0 Å². The molecule has 112 valence electrons. The molecule has 0 aromatic heterocycles. The predicted molar refractivity (Wildman–Crippen MR) is 90.7 cm³/mol. The molecule has 0 unspecified atom stereocenters. The molecule has 0 amide bonds.